The van der Waals surface area contributed by atoms with Gasteiger partial charge in [0.1, 0.15) is 67.1 Å². The molecule has 0 aliphatic carbocycles. The average Bonchev–Trinajstić information content (AvgIpc) is 3.39. The third kappa shape index (κ3) is 14.2. The van der Waals surface area contributed by atoms with Gasteiger partial charge >= 0.3 is 0 Å². The molecule has 3 aliphatic heterocycles. The molecule has 0 aromatic heterocycles. The third-order valence-electron chi connectivity index (χ3n) is 12.7. The number of rotatable bonds is 22. The molecular formula is C55H65NO15. The Morgan fingerprint density at radius 3 is 1.41 bits per heavy atom. The van der Waals surface area contributed by atoms with E-state index in [1.54, 1.807) is 0 Å². The van der Waals surface area contributed by atoms with Gasteiger partial charge in [0.2, 0.25) is 5.91 Å². The first kappa shape index (κ1) is 52.3. The number of hydrogen-bond donors (Lipinski definition) is 5. The molecule has 15 atom stereocenters. The number of aliphatic hydroxyl groups excluding tert-OH is 4. The van der Waals surface area contributed by atoms with Crippen LogP contribution in [0.25, 0.3) is 0 Å². The van der Waals surface area contributed by atoms with Gasteiger partial charge < -0.3 is 73.1 Å². The minimum absolute atomic E-state index is 0.0692. The van der Waals surface area contributed by atoms with Crippen LogP contribution >= 0.6 is 0 Å². The zero-order valence-corrected chi connectivity index (χ0v) is 39.8. The summed E-state index contributed by atoms with van der Waals surface area (Å²) >= 11 is 0. The Hall–Kier alpha value is -4.99. The van der Waals surface area contributed by atoms with E-state index >= 15 is 0 Å². The average molecular weight is 980 g/mol. The molecule has 3 aliphatic rings. The lowest BCUT2D eigenvalue weighted by Crippen LogP contribution is -2.70. The van der Waals surface area contributed by atoms with Crippen LogP contribution in [0.4, 0.5) is 0 Å². The van der Waals surface area contributed by atoms with E-state index in [0.29, 0.717) is 0 Å². The van der Waals surface area contributed by atoms with Crippen LogP contribution in [0.1, 0.15) is 41.7 Å². The summed E-state index contributed by atoms with van der Waals surface area (Å²) in [5.74, 6) is -0.459. The van der Waals surface area contributed by atoms with Crippen molar-refractivity contribution in [1.82, 2.24) is 5.32 Å². The number of carbonyl (C=O) groups is 1. The summed E-state index contributed by atoms with van der Waals surface area (Å²) in [6, 6.07) is 46.9. The van der Waals surface area contributed by atoms with Crippen LogP contribution in [-0.2, 0) is 85.2 Å². The highest BCUT2D eigenvalue weighted by Crippen LogP contribution is 2.37. The molecule has 5 N–H and O–H groups in total. The van der Waals surface area contributed by atoms with E-state index in [0.717, 1.165) is 27.8 Å². The Kier molecular flexibility index (Phi) is 19.2. The largest absolute Gasteiger partial charge is 0.394 e. The molecule has 71 heavy (non-hydrogen) atoms. The normalized spacial score (nSPS) is 30.9. The standard InChI is InChI=1S/C55H65NO15/c1-35-48(63-30-38-20-10-4-11-21-38)51(64-31-39-22-12-5-13-23-39)52(65-32-40-24-14-6-15-25-40)55(67-35)71-50-44(56-36(2)58)53(66-33-41-26-16-7-17-27-41)69-43(34-62-29-37-18-8-3-9-19-37)49(50)70-54-47(61)46(60)45(59)42(28-57)68-54/h3-27,35,42-55,57,59-61H,28-34H2,1-2H3,(H,56,58)/t35-,42+,43+,44+,45-,46-,47+,48+,49+,50+,51+,52-,53-,54-,55?/m0/s1. The van der Waals surface area contributed by atoms with Gasteiger partial charge in [0.25, 0.3) is 0 Å². The molecule has 1 unspecified atom stereocenters. The molecule has 0 spiro atoms. The van der Waals surface area contributed by atoms with Crippen molar-refractivity contribution in [1.29, 1.82) is 0 Å². The van der Waals surface area contributed by atoms with E-state index < -0.39 is 105 Å². The molecule has 0 bridgehead atoms. The topological polar surface area (TPSA) is 202 Å². The summed E-state index contributed by atoms with van der Waals surface area (Å²) in [6.07, 6.45) is -17.6. The maximum absolute atomic E-state index is 13.4. The van der Waals surface area contributed by atoms with Gasteiger partial charge in [0.05, 0.1) is 52.4 Å². The van der Waals surface area contributed by atoms with Gasteiger partial charge in [-0.25, -0.2) is 0 Å². The number of hydrogen-bond acceptors (Lipinski definition) is 15. The molecule has 0 radical (unpaired) electrons. The summed E-state index contributed by atoms with van der Waals surface area (Å²) < 4.78 is 66.8. The van der Waals surface area contributed by atoms with E-state index in [1.807, 2.05) is 159 Å². The van der Waals surface area contributed by atoms with Crippen molar-refractivity contribution in [3.8, 4) is 0 Å². The summed E-state index contributed by atoms with van der Waals surface area (Å²) in [5, 5.41) is 46.4. The van der Waals surface area contributed by atoms with Crippen molar-refractivity contribution in [3.05, 3.63) is 179 Å². The van der Waals surface area contributed by atoms with Gasteiger partial charge in [0.15, 0.2) is 18.9 Å². The second kappa shape index (κ2) is 26.1. The second-order valence-corrected chi connectivity index (χ2v) is 18.0. The van der Waals surface area contributed by atoms with Gasteiger partial charge in [-0.05, 0) is 34.7 Å². The van der Waals surface area contributed by atoms with Gasteiger partial charge in [-0.2, -0.15) is 0 Å². The molecular weight excluding hydrogens is 915 g/mol. The Bertz CT molecular complexity index is 2300. The van der Waals surface area contributed by atoms with Gasteiger partial charge in [0, 0.05) is 6.92 Å². The second-order valence-electron chi connectivity index (χ2n) is 18.0. The molecule has 8 rings (SSSR count). The highest BCUT2D eigenvalue weighted by Gasteiger charge is 2.56. The number of amides is 1. The van der Waals surface area contributed by atoms with Crippen molar-refractivity contribution in [2.75, 3.05) is 13.2 Å². The van der Waals surface area contributed by atoms with Gasteiger partial charge in [-0.15, -0.1) is 0 Å². The number of carbonyl (C=O) groups excluding carboxylic acids is 1. The van der Waals surface area contributed by atoms with Crippen LogP contribution < -0.4 is 5.32 Å². The van der Waals surface area contributed by atoms with Crippen LogP contribution in [0.2, 0.25) is 0 Å². The van der Waals surface area contributed by atoms with Crippen molar-refractivity contribution >= 4 is 5.91 Å². The lowest BCUT2D eigenvalue weighted by atomic mass is 9.94. The molecule has 3 fully saturated rings. The maximum Gasteiger partial charge on any atom is 0.217 e. The number of benzene rings is 5. The van der Waals surface area contributed by atoms with Crippen molar-refractivity contribution in [3.63, 3.8) is 0 Å². The first-order chi connectivity index (χ1) is 34.6. The predicted octanol–water partition coefficient (Wildman–Crippen LogP) is 4.72. The van der Waals surface area contributed by atoms with Crippen molar-refractivity contribution < 1.29 is 72.6 Å². The van der Waals surface area contributed by atoms with Crippen LogP contribution in [-0.4, -0.2) is 132 Å². The Balaban J connectivity index is 1.19. The first-order valence-corrected chi connectivity index (χ1v) is 24.1. The van der Waals surface area contributed by atoms with E-state index in [2.05, 4.69) is 5.32 Å². The SMILES string of the molecule is CC(=O)N[C@H]1[C@@H](OCc2ccccc2)O[C@H](COCc2ccccc2)[C@@H](O[C@@H]2O[C@H](CO)[C@H](O)[C@H](O)[C@H]2O)[C@@H]1OC1O[C@@H](C)[C@@H](OCc2ccccc2)[C@@H](OCc2ccccc2)[C@@H]1OCc1ccccc1. The smallest absolute Gasteiger partial charge is 0.217 e. The fourth-order valence-corrected chi connectivity index (χ4v) is 8.98. The summed E-state index contributed by atoms with van der Waals surface area (Å²) in [7, 11) is 0. The molecule has 5 aromatic carbocycles. The summed E-state index contributed by atoms with van der Waals surface area (Å²) in [6.45, 7) is 3.16. The van der Waals surface area contributed by atoms with E-state index in [1.165, 1.54) is 6.92 Å². The van der Waals surface area contributed by atoms with Crippen molar-refractivity contribution in [2.45, 2.75) is 139 Å². The van der Waals surface area contributed by atoms with E-state index in [-0.39, 0.29) is 39.6 Å². The van der Waals surface area contributed by atoms with Crippen LogP contribution in [0, 0.1) is 0 Å². The fourth-order valence-electron chi connectivity index (χ4n) is 8.98. The molecule has 5 aromatic rings. The third-order valence-corrected chi connectivity index (χ3v) is 12.7. The van der Waals surface area contributed by atoms with Crippen LogP contribution in [0.5, 0.6) is 0 Å². The van der Waals surface area contributed by atoms with E-state index in [9.17, 15) is 25.2 Å². The molecule has 380 valence electrons. The monoisotopic (exact) mass is 979 g/mol. The van der Waals surface area contributed by atoms with Gasteiger partial charge in [-0.3, -0.25) is 4.79 Å². The quantitative estimate of drug-likeness (QED) is 0.0638. The highest BCUT2D eigenvalue weighted by molar-refractivity contribution is 5.73. The van der Waals surface area contributed by atoms with Crippen LogP contribution in [0.3, 0.4) is 0 Å². The highest BCUT2D eigenvalue weighted by atomic mass is 16.8. The fraction of sp³-hybridized carbons (Fsp3) is 0.436. The summed E-state index contributed by atoms with van der Waals surface area (Å²) in [4.78, 5) is 13.4. The minimum Gasteiger partial charge on any atom is -0.394 e. The lowest BCUT2D eigenvalue weighted by molar-refractivity contribution is -0.380. The molecule has 3 heterocycles. The zero-order chi connectivity index (χ0) is 49.5. The first-order valence-electron chi connectivity index (χ1n) is 24.1. The Labute approximate surface area is 414 Å². The minimum atomic E-state index is -1.81. The summed E-state index contributed by atoms with van der Waals surface area (Å²) in [5.41, 5.74) is 4.42. The van der Waals surface area contributed by atoms with Crippen molar-refractivity contribution in [2.24, 2.45) is 0 Å². The Morgan fingerprint density at radius 2 is 0.915 bits per heavy atom. The zero-order valence-electron chi connectivity index (χ0n) is 39.8. The number of nitrogens with one attached hydrogen (secondary N) is 1. The molecule has 16 heteroatoms. The maximum atomic E-state index is 13.4. The lowest BCUT2D eigenvalue weighted by Gasteiger charge is -2.51. The number of aliphatic hydroxyl groups is 4. The Morgan fingerprint density at radius 1 is 0.479 bits per heavy atom. The van der Waals surface area contributed by atoms with E-state index in [4.69, 9.17) is 47.4 Å². The molecule has 16 nitrogen and oxygen atoms in total. The predicted molar refractivity (Wildman–Crippen MR) is 256 cm³/mol. The molecule has 0 saturated carbocycles. The number of ether oxygens (including phenoxy) is 10. The molecule has 1 amide bonds. The van der Waals surface area contributed by atoms with Gasteiger partial charge in [-0.1, -0.05) is 152 Å². The molecule has 3 saturated heterocycles. The van der Waals surface area contributed by atoms with Crippen LogP contribution in [0.15, 0.2) is 152 Å².